The third kappa shape index (κ3) is 3.03. The van der Waals surface area contributed by atoms with Crippen molar-refractivity contribution in [2.24, 2.45) is 0 Å². The average molecular weight is 305 g/mol. The normalized spacial score (nSPS) is 10.2. The third-order valence-electron chi connectivity index (χ3n) is 2.94. The molecule has 2 heterocycles. The molecule has 0 spiro atoms. The molecule has 0 radical (unpaired) electrons. The van der Waals surface area contributed by atoms with E-state index in [4.69, 9.17) is 10.5 Å². The number of thiophene rings is 1. The molecule has 1 amide bonds. The molecule has 0 bridgehead atoms. The smallest absolute Gasteiger partial charge is 0.350 e. The summed E-state index contributed by atoms with van der Waals surface area (Å²) < 4.78 is 4.71. The molecule has 2 aromatic rings. The summed E-state index contributed by atoms with van der Waals surface area (Å²) in [6, 6.07) is 1.55. The van der Waals surface area contributed by atoms with Crippen LogP contribution in [0.5, 0.6) is 0 Å². The quantitative estimate of drug-likeness (QED) is 0.849. The molecule has 3 N–H and O–H groups in total. The van der Waals surface area contributed by atoms with E-state index >= 15 is 0 Å². The topological polar surface area (TPSA) is 94.3 Å². The van der Waals surface area contributed by atoms with Crippen molar-refractivity contribution in [3.63, 3.8) is 0 Å². The largest absolute Gasteiger partial charge is 0.465 e. The highest BCUT2D eigenvalue weighted by Crippen LogP contribution is 2.29. The molecule has 2 aromatic heterocycles. The molecule has 0 aliphatic rings. The Morgan fingerprint density at radius 3 is 2.76 bits per heavy atom. The van der Waals surface area contributed by atoms with Gasteiger partial charge in [-0.3, -0.25) is 9.78 Å². The number of carbonyl (C=O) groups excluding carboxylic acids is 2. The van der Waals surface area contributed by atoms with E-state index in [1.807, 2.05) is 6.92 Å². The second-order valence-corrected chi connectivity index (χ2v) is 5.35. The zero-order valence-electron chi connectivity index (χ0n) is 11.9. The van der Waals surface area contributed by atoms with Crippen LogP contribution in [0, 0.1) is 13.8 Å². The van der Waals surface area contributed by atoms with Gasteiger partial charge >= 0.3 is 5.97 Å². The van der Waals surface area contributed by atoms with E-state index < -0.39 is 5.97 Å². The molecule has 7 heteroatoms. The van der Waals surface area contributed by atoms with Crippen LogP contribution in [0.2, 0.25) is 0 Å². The number of esters is 1. The van der Waals surface area contributed by atoms with Crippen molar-refractivity contribution in [1.82, 2.24) is 4.98 Å². The number of aromatic nitrogens is 1. The number of hydrogen-bond acceptors (Lipinski definition) is 6. The van der Waals surface area contributed by atoms with Crippen molar-refractivity contribution in [2.75, 3.05) is 18.2 Å². The number of hydrogen-bond donors (Lipinski definition) is 2. The second-order valence-electron chi connectivity index (χ2n) is 4.47. The number of rotatable bonds is 3. The number of methoxy groups -OCH3 is 1. The van der Waals surface area contributed by atoms with Gasteiger partial charge in [0.1, 0.15) is 4.88 Å². The number of nitrogens with one attached hydrogen (secondary N) is 1. The van der Waals surface area contributed by atoms with Crippen molar-refractivity contribution < 1.29 is 14.3 Å². The molecule has 0 aliphatic carbocycles. The maximum atomic E-state index is 12.3. The van der Waals surface area contributed by atoms with Crippen LogP contribution in [0.4, 0.5) is 11.4 Å². The van der Waals surface area contributed by atoms with Gasteiger partial charge in [-0.2, -0.15) is 0 Å². The van der Waals surface area contributed by atoms with Crippen LogP contribution in [0.25, 0.3) is 0 Å². The Kier molecular flexibility index (Phi) is 4.23. The van der Waals surface area contributed by atoms with Gasteiger partial charge in [0, 0.05) is 0 Å². The highest BCUT2D eigenvalue weighted by atomic mass is 32.1. The first-order valence-electron chi connectivity index (χ1n) is 6.14. The fourth-order valence-electron chi connectivity index (χ4n) is 1.80. The highest BCUT2D eigenvalue weighted by Gasteiger charge is 2.20. The lowest BCUT2D eigenvalue weighted by Crippen LogP contribution is -2.16. The minimum Gasteiger partial charge on any atom is -0.465 e. The lowest BCUT2D eigenvalue weighted by molar-refractivity contribution is 0.0607. The molecular weight excluding hydrogens is 290 g/mol. The van der Waals surface area contributed by atoms with Gasteiger partial charge < -0.3 is 15.8 Å². The third-order valence-corrected chi connectivity index (χ3v) is 4.01. The second kappa shape index (κ2) is 5.92. The van der Waals surface area contributed by atoms with Crippen LogP contribution in [-0.4, -0.2) is 24.0 Å². The first-order chi connectivity index (χ1) is 9.93. The maximum absolute atomic E-state index is 12.3. The summed E-state index contributed by atoms with van der Waals surface area (Å²) in [5.74, 6) is -0.843. The molecule has 0 unspecified atom stereocenters. The Morgan fingerprint density at radius 2 is 2.10 bits per heavy atom. The molecule has 0 atom stereocenters. The molecule has 2 rings (SSSR count). The zero-order valence-corrected chi connectivity index (χ0v) is 12.7. The Hall–Kier alpha value is -2.41. The van der Waals surface area contributed by atoms with Crippen LogP contribution >= 0.6 is 11.3 Å². The SMILES string of the molecule is COC(=O)c1scc(C)c1NC(=O)c1cc(N)cnc1C. The summed E-state index contributed by atoms with van der Waals surface area (Å²) in [5, 5.41) is 4.52. The first kappa shape index (κ1) is 15.0. The minimum absolute atomic E-state index is 0.359. The summed E-state index contributed by atoms with van der Waals surface area (Å²) in [5.41, 5.74) is 8.24. The van der Waals surface area contributed by atoms with E-state index in [-0.39, 0.29) is 5.91 Å². The molecule has 110 valence electrons. The number of pyridine rings is 1. The van der Waals surface area contributed by atoms with E-state index in [0.29, 0.717) is 27.5 Å². The number of nitrogens with zero attached hydrogens (tertiary/aromatic N) is 1. The van der Waals surface area contributed by atoms with Crippen LogP contribution in [0.1, 0.15) is 31.3 Å². The van der Waals surface area contributed by atoms with Gasteiger partial charge in [-0.15, -0.1) is 11.3 Å². The molecule has 0 aliphatic heterocycles. The van der Waals surface area contributed by atoms with Crippen LogP contribution < -0.4 is 11.1 Å². The number of carbonyl (C=O) groups is 2. The predicted octanol–water partition coefficient (Wildman–Crippen LogP) is 2.38. The van der Waals surface area contributed by atoms with E-state index in [1.165, 1.54) is 24.6 Å². The summed E-state index contributed by atoms with van der Waals surface area (Å²) in [6.45, 7) is 3.53. The van der Waals surface area contributed by atoms with Gasteiger partial charge in [0.15, 0.2) is 0 Å². The van der Waals surface area contributed by atoms with Crippen molar-refractivity contribution in [3.8, 4) is 0 Å². The Balaban J connectivity index is 2.34. The highest BCUT2D eigenvalue weighted by molar-refractivity contribution is 7.12. The number of ether oxygens (including phenoxy) is 1. The predicted molar refractivity (Wildman–Crippen MR) is 81.7 cm³/mol. The van der Waals surface area contributed by atoms with E-state index in [2.05, 4.69) is 10.3 Å². The molecule has 0 fully saturated rings. The lowest BCUT2D eigenvalue weighted by atomic mass is 10.1. The molecule has 0 aromatic carbocycles. The molecule has 0 saturated carbocycles. The fourth-order valence-corrected chi connectivity index (χ4v) is 2.72. The summed E-state index contributed by atoms with van der Waals surface area (Å²) in [6.07, 6.45) is 1.49. The van der Waals surface area contributed by atoms with Crippen molar-refractivity contribution in [1.29, 1.82) is 0 Å². The van der Waals surface area contributed by atoms with Gasteiger partial charge in [0.25, 0.3) is 5.91 Å². The van der Waals surface area contributed by atoms with Crippen molar-refractivity contribution >= 4 is 34.6 Å². The van der Waals surface area contributed by atoms with Gasteiger partial charge in [0.2, 0.25) is 0 Å². The van der Waals surface area contributed by atoms with Crippen LogP contribution in [0.3, 0.4) is 0 Å². The monoisotopic (exact) mass is 305 g/mol. The zero-order chi connectivity index (χ0) is 15.6. The van der Waals surface area contributed by atoms with Crippen LogP contribution in [-0.2, 0) is 4.74 Å². The molecule has 0 saturated heterocycles. The van der Waals surface area contributed by atoms with E-state index in [9.17, 15) is 9.59 Å². The van der Waals surface area contributed by atoms with Gasteiger partial charge in [0.05, 0.1) is 35.9 Å². The number of amides is 1. The van der Waals surface area contributed by atoms with Crippen molar-refractivity contribution in [3.05, 3.63) is 39.3 Å². The van der Waals surface area contributed by atoms with Crippen molar-refractivity contribution in [2.45, 2.75) is 13.8 Å². The van der Waals surface area contributed by atoms with Gasteiger partial charge in [-0.05, 0) is 30.9 Å². The maximum Gasteiger partial charge on any atom is 0.350 e. The Bertz CT molecular complexity index is 709. The lowest BCUT2D eigenvalue weighted by Gasteiger charge is -2.09. The Labute approximate surface area is 125 Å². The number of aryl methyl sites for hydroxylation is 2. The Morgan fingerprint density at radius 1 is 1.38 bits per heavy atom. The molecule has 6 nitrogen and oxygen atoms in total. The van der Waals surface area contributed by atoms with Crippen LogP contribution in [0.15, 0.2) is 17.6 Å². The van der Waals surface area contributed by atoms with E-state index in [1.54, 1.807) is 18.4 Å². The van der Waals surface area contributed by atoms with E-state index in [0.717, 1.165) is 5.56 Å². The summed E-state index contributed by atoms with van der Waals surface area (Å²) >= 11 is 1.22. The summed E-state index contributed by atoms with van der Waals surface area (Å²) in [4.78, 5) is 28.4. The van der Waals surface area contributed by atoms with Gasteiger partial charge in [-0.1, -0.05) is 0 Å². The number of nitrogen functional groups attached to an aromatic ring is 1. The minimum atomic E-state index is -0.481. The van der Waals surface area contributed by atoms with Gasteiger partial charge in [-0.25, -0.2) is 4.79 Å². The molecular formula is C14H15N3O3S. The number of nitrogens with two attached hydrogens (primary N) is 1. The first-order valence-corrected chi connectivity index (χ1v) is 7.02. The number of anilines is 2. The molecule has 21 heavy (non-hydrogen) atoms. The standard InChI is InChI=1S/C14H15N3O3S/c1-7-6-21-12(14(19)20-3)11(7)17-13(18)10-4-9(15)5-16-8(10)2/h4-6H,15H2,1-3H3,(H,17,18). The summed E-state index contributed by atoms with van der Waals surface area (Å²) in [7, 11) is 1.30. The fraction of sp³-hybridized carbons (Fsp3) is 0.214. The average Bonchev–Trinajstić information content (AvgIpc) is 2.82.